The van der Waals surface area contributed by atoms with Crippen LogP contribution in [-0.2, 0) is 20.9 Å². The molecule has 1 saturated heterocycles. The van der Waals surface area contributed by atoms with Gasteiger partial charge in [-0.05, 0) is 24.6 Å². The summed E-state index contributed by atoms with van der Waals surface area (Å²) < 4.78 is 15.3. The van der Waals surface area contributed by atoms with Crippen molar-refractivity contribution in [3.8, 4) is 11.5 Å². The fourth-order valence-corrected chi connectivity index (χ4v) is 2.70. The Bertz CT molecular complexity index is 686. The average Bonchev–Trinajstić information content (AvgIpc) is 2.71. The lowest BCUT2D eigenvalue weighted by atomic mass is 10.2. The number of amides is 3. The molecule has 1 aromatic carbocycles. The van der Waals surface area contributed by atoms with Crippen LogP contribution in [0.4, 0.5) is 4.79 Å². The molecule has 27 heavy (non-hydrogen) atoms. The van der Waals surface area contributed by atoms with Crippen molar-refractivity contribution < 1.29 is 28.6 Å². The summed E-state index contributed by atoms with van der Waals surface area (Å²) in [6.07, 6.45) is -0.400. The van der Waals surface area contributed by atoms with Crippen molar-refractivity contribution >= 4 is 17.9 Å². The number of carbonyl (C=O) groups excluding carboxylic acids is 3. The number of hydrogen-bond acceptors (Lipinski definition) is 6. The Morgan fingerprint density at radius 1 is 1.00 bits per heavy atom. The molecule has 9 heteroatoms. The predicted octanol–water partition coefficient (Wildman–Crippen LogP) is 0.621. The standard InChI is InChI=1S/C18H25N3O6/c1-4-27-18(24)21-9-7-20(8-10-21)17(23)16(22)19-12-13-5-6-14(25-2)15(11-13)26-3/h5-6,11H,4,7-10,12H2,1-3H3,(H,19,22). The van der Waals surface area contributed by atoms with Gasteiger partial charge >= 0.3 is 17.9 Å². The SMILES string of the molecule is CCOC(=O)N1CCN(C(=O)C(=O)NCc2ccc(OC)c(OC)c2)CC1. The van der Waals surface area contributed by atoms with Gasteiger partial charge in [-0.15, -0.1) is 0 Å². The zero-order chi connectivity index (χ0) is 19.8. The van der Waals surface area contributed by atoms with E-state index >= 15 is 0 Å². The van der Waals surface area contributed by atoms with Gasteiger partial charge in [0, 0.05) is 32.7 Å². The predicted molar refractivity (Wildman–Crippen MR) is 96.6 cm³/mol. The molecule has 3 amide bonds. The highest BCUT2D eigenvalue weighted by molar-refractivity contribution is 6.35. The third-order valence-corrected chi connectivity index (χ3v) is 4.19. The zero-order valence-corrected chi connectivity index (χ0v) is 15.8. The van der Waals surface area contributed by atoms with E-state index in [2.05, 4.69) is 5.32 Å². The van der Waals surface area contributed by atoms with E-state index in [4.69, 9.17) is 14.2 Å². The van der Waals surface area contributed by atoms with Crippen LogP contribution in [0.15, 0.2) is 18.2 Å². The van der Waals surface area contributed by atoms with Gasteiger partial charge in [0.25, 0.3) is 0 Å². The maximum Gasteiger partial charge on any atom is 0.409 e. The van der Waals surface area contributed by atoms with Gasteiger partial charge in [-0.3, -0.25) is 9.59 Å². The second-order valence-corrected chi connectivity index (χ2v) is 5.85. The molecule has 1 N–H and O–H groups in total. The summed E-state index contributed by atoms with van der Waals surface area (Å²) >= 11 is 0. The summed E-state index contributed by atoms with van der Waals surface area (Å²) in [6.45, 7) is 3.49. The molecule has 0 saturated carbocycles. The maximum absolute atomic E-state index is 12.3. The van der Waals surface area contributed by atoms with Crippen LogP contribution in [0.5, 0.6) is 11.5 Å². The van der Waals surface area contributed by atoms with E-state index in [1.807, 2.05) is 0 Å². The van der Waals surface area contributed by atoms with E-state index < -0.39 is 17.9 Å². The quantitative estimate of drug-likeness (QED) is 0.754. The first-order valence-corrected chi connectivity index (χ1v) is 8.69. The molecule has 148 valence electrons. The number of carbonyl (C=O) groups is 3. The third-order valence-electron chi connectivity index (χ3n) is 4.19. The van der Waals surface area contributed by atoms with Crippen molar-refractivity contribution in [2.24, 2.45) is 0 Å². The molecule has 1 aliphatic heterocycles. The number of methoxy groups -OCH3 is 2. The number of nitrogens with one attached hydrogen (secondary N) is 1. The number of rotatable bonds is 5. The highest BCUT2D eigenvalue weighted by Crippen LogP contribution is 2.27. The van der Waals surface area contributed by atoms with Crippen LogP contribution in [0.25, 0.3) is 0 Å². The lowest BCUT2D eigenvalue weighted by molar-refractivity contribution is -0.146. The van der Waals surface area contributed by atoms with Crippen LogP contribution in [0.3, 0.4) is 0 Å². The average molecular weight is 379 g/mol. The molecule has 9 nitrogen and oxygen atoms in total. The first-order valence-electron chi connectivity index (χ1n) is 8.69. The van der Waals surface area contributed by atoms with Crippen LogP contribution in [0.1, 0.15) is 12.5 Å². The Hall–Kier alpha value is -2.97. The monoisotopic (exact) mass is 379 g/mol. The minimum atomic E-state index is -0.686. The van der Waals surface area contributed by atoms with Crippen molar-refractivity contribution in [1.29, 1.82) is 0 Å². The molecule has 1 fully saturated rings. The van der Waals surface area contributed by atoms with Gasteiger partial charge in [-0.25, -0.2) is 4.79 Å². The summed E-state index contributed by atoms with van der Waals surface area (Å²) in [5.41, 5.74) is 0.779. The molecule has 0 aromatic heterocycles. The molecule has 2 rings (SSSR count). The van der Waals surface area contributed by atoms with Crippen molar-refractivity contribution in [3.05, 3.63) is 23.8 Å². The van der Waals surface area contributed by atoms with E-state index in [1.54, 1.807) is 32.2 Å². The van der Waals surface area contributed by atoms with Gasteiger partial charge in [0.05, 0.1) is 20.8 Å². The highest BCUT2D eigenvalue weighted by Gasteiger charge is 2.28. The Morgan fingerprint density at radius 2 is 1.63 bits per heavy atom. The van der Waals surface area contributed by atoms with Crippen LogP contribution < -0.4 is 14.8 Å². The first kappa shape index (κ1) is 20.3. The molecule has 0 unspecified atom stereocenters. The van der Waals surface area contributed by atoms with Gasteiger partial charge in [-0.2, -0.15) is 0 Å². The molecule has 0 radical (unpaired) electrons. The van der Waals surface area contributed by atoms with E-state index in [1.165, 1.54) is 16.9 Å². The largest absolute Gasteiger partial charge is 0.493 e. The van der Waals surface area contributed by atoms with E-state index in [-0.39, 0.29) is 6.54 Å². The fourth-order valence-electron chi connectivity index (χ4n) is 2.70. The number of piperazine rings is 1. The molecule has 1 aromatic rings. The van der Waals surface area contributed by atoms with Crippen LogP contribution in [0.2, 0.25) is 0 Å². The van der Waals surface area contributed by atoms with Crippen molar-refractivity contribution in [3.63, 3.8) is 0 Å². The Labute approximate surface area is 158 Å². The van der Waals surface area contributed by atoms with Gasteiger partial charge in [0.1, 0.15) is 0 Å². The number of nitrogens with zero attached hydrogens (tertiary/aromatic N) is 2. The summed E-state index contributed by atoms with van der Waals surface area (Å²) in [5, 5.41) is 2.61. The minimum absolute atomic E-state index is 0.188. The first-order chi connectivity index (χ1) is 13.0. The minimum Gasteiger partial charge on any atom is -0.493 e. The normalized spacial score (nSPS) is 13.7. The molecule has 0 bridgehead atoms. The van der Waals surface area contributed by atoms with E-state index in [0.717, 1.165) is 5.56 Å². The zero-order valence-electron chi connectivity index (χ0n) is 15.8. The van der Waals surface area contributed by atoms with E-state index in [9.17, 15) is 14.4 Å². The Kier molecular flexibility index (Phi) is 7.27. The second kappa shape index (κ2) is 9.65. The molecule has 0 aliphatic carbocycles. The molecule has 1 heterocycles. The second-order valence-electron chi connectivity index (χ2n) is 5.85. The van der Waals surface area contributed by atoms with Gasteiger partial charge in [-0.1, -0.05) is 6.07 Å². The fraction of sp³-hybridized carbons (Fsp3) is 0.500. The van der Waals surface area contributed by atoms with Crippen LogP contribution in [-0.4, -0.2) is 74.7 Å². The van der Waals surface area contributed by atoms with Gasteiger partial charge < -0.3 is 29.3 Å². The lowest BCUT2D eigenvalue weighted by Crippen LogP contribution is -2.53. The summed E-state index contributed by atoms with van der Waals surface area (Å²) in [7, 11) is 3.07. The smallest absolute Gasteiger partial charge is 0.409 e. The number of ether oxygens (including phenoxy) is 3. The molecular formula is C18H25N3O6. The topological polar surface area (TPSA) is 97.4 Å². The van der Waals surface area contributed by atoms with Crippen molar-refractivity contribution in [2.45, 2.75) is 13.5 Å². The third kappa shape index (κ3) is 5.25. The van der Waals surface area contributed by atoms with Gasteiger partial charge in [0.15, 0.2) is 11.5 Å². The molecule has 0 spiro atoms. The van der Waals surface area contributed by atoms with Crippen molar-refractivity contribution in [2.75, 3.05) is 47.0 Å². The summed E-state index contributed by atoms with van der Waals surface area (Å²) in [4.78, 5) is 39.0. The summed E-state index contributed by atoms with van der Waals surface area (Å²) in [5.74, 6) is -0.165. The highest BCUT2D eigenvalue weighted by atomic mass is 16.6. The van der Waals surface area contributed by atoms with E-state index in [0.29, 0.717) is 44.3 Å². The Balaban J connectivity index is 1.84. The summed E-state index contributed by atoms with van der Waals surface area (Å²) in [6, 6.07) is 5.25. The van der Waals surface area contributed by atoms with Gasteiger partial charge in [0.2, 0.25) is 0 Å². The Morgan fingerprint density at radius 3 is 2.22 bits per heavy atom. The lowest BCUT2D eigenvalue weighted by Gasteiger charge is -2.33. The van der Waals surface area contributed by atoms with Crippen molar-refractivity contribution in [1.82, 2.24) is 15.1 Å². The number of benzene rings is 1. The molecule has 1 aliphatic rings. The molecular weight excluding hydrogens is 354 g/mol. The molecule has 0 atom stereocenters. The number of hydrogen-bond donors (Lipinski definition) is 1. The maximum atomic E-state index is 12.3. The van der Waals surface area contributed by atoms with Crippen LogP contribution in [0, 0.1) is 0 Å². The van der Waals surface area contributed by atoms with Crippen LogP contribution >= 0.6 is 0 Å².